The zero-order valence-corrected chi connectivity index (χ0v) is 13.1. The number of nitrogens with one attached hydrogen (secondary N) is 1. The van der Waals surface area contributed by atoms with Crippen LogP contribution in [0.5, 0.6) is 0 Å². The molecule has 1 fully saturated rings. The first kappa shape index (κ1) is 13.8. The molecule has 1 saturated carbocycles. The van der Waals surface area contributed by atoms with Crippen molar-refractivity contribution in [2.24, 2.45) is 5.92 Å². The van der Waals surface area contributed by atoms with Gasteiger partial charge in [-0.25, -0.2) is 9.97 Å². The number of hydrogen-bond acceptors (Lipinski definition) is 5. The SMILES string of the molecule is CCCNc1nc(C(OC)C2CC2)nc2sc(C)cc12. The molecule has 108 valence electrons. The number of anilines is 1. The van der Waals surface area contributed by atoms with Crippen LogP contribution in [0.15, 0.2) is 6.07 Å². The molecule has 2 aromatic rings. The van der Waals surface area contributed by atoms with Crippen LogP contribution in [0.4, 0.5) is 5.82 Å². The molecule has 2 aromatic heterocycles. The summed E-state index contributed by atoms with van der Waals surface area (Å²) in [6.45, 7) is 5.21. The molecule has 1 aliphatic carbocycles. The fourth-order valence-electron chi connectivity index (χ4n) is 2.47. The number of rotatable bonds is 6. The maximum absolute atomic E-state index is 5.63. The number of aromatic nitrogens is 2. The average molecular weight is 291 g/mol. The third-order valence-electron chi connectivity index (χ3n) is 3.63. The lowest BCUT2D eigenvalue weighted by Gasteiger charge is -2.15. The first-order valence-electron chi connectivity index (χ1n) is 7.27. The van der Waals surface area contributed by atoms with E-state index in [4.69, 9.17) is 14.7 Å². The summed E-state index contributed by atoms with van der Waals surface area (Å²) in [5.41, 5.74) is 0. The van der Waals surface area contributed by atoms with Gasteiger partial charge in [0.15, 0.2) is 5.82 Å². The highest BCUT2D eigenvalue weighted by atomic mass is 32.1. The zero-order valence-electron chi connectivity index (χ0n) is 12.3. The molecule has 20 heavy (non-hydrogen) atoms. The van der Waals surface area contributed by atoms with Crippen molar-refractivity contribution in [1.82, 2.24) is 9.97 Å². The minimum Gasteiger partial charge on any atom is -0.373 e. The minimum atomic E-state index is 0.0454. The van der Waals surface area contributed by atoms with E-state index in [2.05, 4.69) is 25.2 Å². The quantitative estimate of drug-likeness (QED) is 0.876. The summed E-state index contributed by atoms with van der Waals surface area (Å²) in [4.78, 5) is 11.8. The van der Waals surface area contributed by atoms with Crippen molar-refractivity contribution in [3.05, 3.63) is 16.8 Å². The van der Waals surface area contributed by atoms with Gasteiger partial charge >= 0.3 is 0 Å². The maximum Gasteiger partial charge on any atom is 0.161 e. The number of hydrogen-bond donors (Lipinski definition) is 1. The van der Waals surface area contributed by atoms with Crippen LogP contribution < -0.4 is 5.32 Å². The van der Waals surface area contributed by atoms with Crippen molar-refractivity contribution >= 4 is 27.4 Å². The highest BCUT2D eigenvalue weighted by Crippen LogP contribution is 2.43. The van der Waals surface area contributed by atoms with Gasteiger partial charge in [0.1, 0.15) is 16.8 Å². The van der Waals surface area contributed by atoms with E-state index >= 15 is 0 Å². The first-order valence-corrected chi connectivity index (χ1v) is 8.09. The van der Waals surface area contributed by atoms with Crippen LogP contribution in [-0.4, -0.2) is 23.6 Å². The average Bonchev–Trinajstić information content (AvgIpc) is 3.18. The van der Waals surface area contributed by atoms with E-state index in [0.717, 1.165) is 34.8 Å². The molecule has 1 atom stereocenters. The number of thiophene rings is 1. The van der Waals surface area contributed by atoms with E-state index in [1.54, 1.807) is 18.4 Å². The van der Waals surface area contributed by atoms with Crippen molar-refractivity contribution in [3.8, 4) is 0 Å². The Morgan fingerprint density at radius 2 is 2.25 bits per heavy atom. The van der Waals surface area contributed by atoms with Crippen LogP contribution in [0.25, 0.3) is 10.2 Å². The molecule has 0 aromatic carbocycles. The summed E-state index contributed by atoms with van der Waals surface area (Å²) in [5.74, 6) is 2.39. The topological polar surface area (TPSA) is 47.0 Å². The molecule has 1 N–H and O–H groups in total. The van der Waals surface area contributed by atoms with Crippen LogP contribution in [0.1, 0.15) is 43.0 Å². The Labute approximate surface area is 123 Å². The molecule has 5 heteroatoms. The van der Waals surface area contributed by atoms with Gasteiger partial charge in [-0.15, -0.1) is 11.3 Å². The van der Waals surface area contributed by atoms with Crippen molar-refractivity contribution in [1.29, 1.82) is 0 Å². The van der Waals surface area contributed by atoms with Crippen molar-refractivity contribution in [2.75, 3.05) is 19.0 Å². The Hall–Kier alpha value is -1.20. The van der Waals surface area contributed by atoms with Crippen LogP contribution in [-0.2, 0) is 4.74 Å². The molecule has 0 bridgehead atoms. The monoisotopic (exact) mass is 291 g/mol. The first-order chi connectivity index (χ1) is 9.72. The molecule has 4 nitrogen and oxygen atoms in total. The van der Waals surface area contributed by atoms with E-state index in [1.807, 2.05) is 0 Å². The van der Waals surface area contributed by atoms with Crippen molar-refractivity contribution in [2.45, 2.75) is 39.2 Å². The summed E-state index contributed by atoms with van der Waals surface area (Å²) >= 11 is 1.73. The lowest BCUT2D eigenvalue weighted by molar-refractivity contribution is 0.0776. The molecular formula is C15H21N3OS. The molecule has 0 spiro atoms. The van der Waals surface area contributed by atoms with Gasteiger partial charge in [-0.2, -0.15) is 0 Å². The van der Waals surface area contributed by atoms with Gasteiger partial charge in [-0.1, -0.05) is 6.92 Å². The van der Waals surface area contributed by atoms with Gasteiger partial charge in [0.25, 0.3) is 0 Å². The standard InChI is InChI=1S/C15H21N3OS/c1-4-7-16-13-11-8-9(2)20-15(11)18-14(17-13)12(19-3)10-5-6-10/h8,10,12H,4-7H2,1-3H3,(H,16,17,18). The lowest BCUT2D eigenvalue weighted by Crippen LogP contribution is -2.11. The Morgan fingerprint density at radius 1 is 1.45 bits per heavy atom. The second-order valence-corrected chi connectivity index (χ2v) is 6.66. The fraction of sp³-hybridized carbons (Fsp3) is 0.600. The van der Waals surface area contributed by atoms with Gasteiger partial charge in [0, 0.05) is 18.5 Å². The largest absolute Gasteiger partial charge is 0.373 e. The Morgan fingerprint density at radius 3 is 2.90 bits per heavy atom. The van der Waals surface area contributed by atoms with Crippen LogP contribution in [0.2, 0.25) is 0 Å². The third-order valence-corrected chi connectivity index (χ3v) is 4.58. The molecule has 0 amide bonds. The minimum absolute atomic E-state index is 0.0454. The van der Waals surface area contributed by atoms with Gasteiger partial charge in [-0.3, -0.25) is 0 Å². The Bertz CT molecular complexity index is 606. The van der Waals surface area contributed by atoms with Crippen molar-refractivity contribution < 1.29 is 4.74 Å². The number of fused-ring (bicyclic) bond motifs is 1. The summed E-state index contributed by atoms with van der Waals surface area (Å²) in [6, 6.07) is 2.17. The van der Waals surface area contributed by atoms with E-state index < -0.39 is 0 Å². The smallest absolute Gasteiger partial charge is 0.161 e. The van der Waals surface area contributed by atoms with Crippen molar-refractivity contribution in [3.63, 3.8) is 0 Å². The molecule has 3 rings (SSSR count). The second kappa shape index (κ2) is 5.66. The molecule has 0 aliphatic heterocycles. The van der Waals surface area contributed by atoms with Crippen LogP contribution in [0.3, 0.4) is 0 Å². The predicted molar refractivity (Wildman–Crippen MR) is 83.4 cm³/mol. The summed E-state index contributed by atoms with van der Waals surface area (Å²) in [7, 11) is 1.76. The van der Waals surface area contributed by atoms with Gasteiger partial charge < -0.3 is 10.1 Å². The summed E-state index contributed by atoms with van der Waals surface area (Å²) in [6.07, 6.45) is 3.58. The van der Waals surface area contributed by atoms with Gasteiger partial charge in [0.05, 0.1) is 5.39 Å². The van der Waals surface area contributed by atoms with Gasteiger partial charge in [0.2, 0.25) is 0 Å². The Kier molecular flexibility index (Phi) is 3.89. The van der Waals surface area contributed by atoms with Gasteiger partial charge in [-0.05, 0) is 38.2 Å². The molecule has 2 heterocycles. The van der Waals surface area contributed by atoms with Crippen LogP contribution in [0, 0.1) is 12.8 Å². The number of aryl methyl sites for hydroxylation is 1. The summed E-state index contributed by atoms with van der Waals surface area (Å²) < 4.78 is 5.63. The highest BCUT2D eigenvalue weighted by molar-refractivity contribution is 7.18. The number of ether oxygens (including phenoxy) is 1. The molecule has 0 saturated heterocycles. The normalized spacial score (nSPS) is 16.6. The van der Waals surface area contributed by atoms with E-state index in [-0.39, 0.29) is 6.10 Å². The Balaban J connectivity index is 2.03. The molecule has 0 radical (unpaired) electrons. The fourth-order valence-corrected chi connectivity index (χ4v) is 3.36. The predicted octanol–water partition coefficient (Wildman–Crippen LogP) is 3.92. The van der Waals surface area contributed by atoms with Crippen LogP contribution >= 0.6 is 11.3 Å². The highest BCUT2D eigenvalue weighted by Gasteiger charge is 2.35. The summed E-state index contributed by atoms with van der Waals surface area (Å²) in [5, 5.41) is 4.56. The maximum atomic E-state index is 5.63. The number of methoxy groups -OCH3 is 1. The molecule has 1 aliphatic rings. The third kappa shape index (κ3) is 2.65. The zero-order chi connectivity index (χ0) is 14.1. The molecule has 1 unspecified atom stereocenters. The van der Waals surface area contributed by atoms with E-state index in [9.17, 15) is 0 Å². The van der Waals surface area contributed by atoms with E-state index in [1.165, 1.54) is 17.7 Å². The number of nitrogens with zero attached hydrogens (tertiary/aromatic N) is 2. The molecular weight excluding hydrogens is 270 g/mol. The van der Waals surface area contributed by atoms with E-state index in [0.29, 0.717) is 5.92 Å². The lowest BCUT2D eigenvalue weighted by atomic mass is 10.2. The second-order valence-electron chi connectivity index (χ2n) is 5.43.